The third-order valence-corrected chi connectivity index (χ3v) is 12.7. The van der Waals surface area contributed by atoms with E-state index in [0.717, 1.165) is 89.4 Å². The first-order valence-corrected chi connectivity index (χ1v) is 26.3. The molecule has 7 heteroatoms. The highest BCUT2D eigenvalue weighted by atomic mass is 16.6. The molecule has 0 saturated carbocycles. The highest BCUT2D eigenvalue weighted by molar-refractivity contribution is 5.69. The zero-order valence-electron chi connectivity index (χ0n) is 40.1. The van der Waals surface area contributed by atoms with Gasteiger partial charge in [-0.05, 0) is 115 Å². The molecule has 0 aromatic rings. The normalized spacial score (nSPS) is 14.6. The van der Waals surface area contributed by atoms with E-state index >= 15 is 0 Å². The topological polar surface area (TPSA) is 72.7 Å². The summed E-state index contributed by atoms with van der Waals surface area (Å²) in [6, 6.07) is 0. The summed E-state index contributed by atoms with van der Waals surface area (Å²) in [7, 11) is 0. The Hall–Kier alpha value is -1.63. The van der Waals surface area contributed by atoms with Crippen molar-refractivity contribution in [3.63, 3.8) is 0 Å². The zero-order valence-corrected chi connectivity index (χ0v) is 40.1. The van der Waals surface area contributed by atoms with Crippen molar-refractivity contribution in [1.82, 2.24) is 4.90 Å². The van der Waals surface area contributed by atoms with Crippen LogP contribution in [0.2, 0.25) is 0 Å². The quantitative estimate of drug-likeness (QED) is 0.0264. The Morgan fingerprint density at radius 3 is 1.36 bits per heavy atom. The number of nitrogens with zero attached hydrogens (tertiary/aromatic N) is 3. The number of hydrogen-bond donors (Lipinski definition) is 0. The van der Waals surface area contributed by atoms with Crippen molar-refractivity contribution in [1.29, 1.82) is 0 Å². The summed E-state index contributed by atoms with van der Waals surface area (Å²) in [4.78, 5) is 26.6. The maximum Gasteiger partial charge on any atom is 0.306 e. The van der Waals surface area contributed by atoms with E-state index in [9.17, 15) is 4.79 Å². The molecule has 1 fully saturated rings. The molecule has 59 heavy (non-hydrogen) atoms. The Kier molecular flexibility index (Phi) is 41.7. The number of esters is 1. The number of likely N-dealkylation sites (tertiary alicyclic amines) is 1. The van der Waals surface area contributed by atoms with E-state index < -0.39 is 0 Å². The van der Waals surface area contributed by atoms with Gasteiger partial charge >= 0.3 is 5.97 Å². The van der Waals surface area contributed by atoms with Crippen molar-refractivity contribution in [2.75, 3.05) is 32.8 Å². The Labute approximate surface area is 367 Å². The molecule has 1 rings (SSSR count). The molecule has 0 aliphatic carbocycles. The van der Waals surface area contributed by atoms with Crippen molar-refractivity contribution in [2.24, 2.45) is 22.1 Å². The van der Waals surface area contributed by atoms with Gasteiger partial charge in [-0.2, -0.15) is 0 Å². The van der Waals surface area contributed by atoms with Crippen LogP contribution in [0.5, 0.6) is 0 Å². The SMILES string of the molecule is CCCCCC(CCCC)CCON=CCCCCCCCCC(CCCCCCCCC=NOCCC(CCCCC)CCCCC)OC(=O)CCCN1CCCC1. The Balaban J connectivity index is 2.21. The molecule has 0 spiro atoms. The Morgan fingerprint density at radius 1 is 0.492 bits per heavy atom. The third-order valence-electron chi connectivity index (χ3n) is 12.7. The second kappa shape index (κ2) is 44.4. The lowest BCUT2D eigenvalue weighted by atomic mass is 9.92. The number of ether oxygens (including phenoxy) is 1. The van der Waals surface area contributed by atoms with E-state index in [1.54, 1.807) is 0 Å². The molecule has 0 bridgehead atoms. The molecule has 1 aliphatic rings. The molecular weight excluding hydrogens is 731 g/mol. The Bertz CT molecular complexity index is 914. The van der Waals surface area contributed by atoms with Crippen LogP contribution in [0.4, 0.5) is 0 Å². The van der Waals surface area contributed by atoms with Crippen LogP contribution >= 0.6 is 0 Å². The molecular formula is C52H101N3O4. The average molecular weight is 832 g/mol. The van der Waals surface area contributed by atoms with E-state index in [4.69, 9.17) is 14.4 Å². The van der Waals surface area contributed by atoms with Gasteiger partial charge in [0.1, 0.15) is 19.3 Å². The van der Waals surface area contributed by atoms with E-state index in [0.29, 0.717) is 6.42 Å². The summed E-state index contributed by atoms with van der Waals surface area (Å²) in [5.74, 6) is 1.62. The predicted octanol–water partition coefficient (Wildman–Crippen LogP) is 16.0. The van der Waals surface area contributed by atoms with Gasteiger partial charge in [-0.3, -0.25) is 4.79 Å². The molecule has 0 aromatic heterocycles. The van der Waals surface area contributed by atoms with Crippen LogP contribution in [0.3, 0.4) is 0 Å². The summed E-state index contributed by atoms with van der Waals surface area (Å²) < 4.78 is 6.11. The number of oxime groups is 2. The summed E-state index contributed by atoms with van der Waals surface area (Å²) >= 11 is 0. The van der Waals surface area contributed by atoms with Crippen molar-refractivity contribution in [3.05, 3.63) is 0 Å². The van der Waals surface area contributed by atoms with Gasteiger partial charge in [0.25, 0.3) is 0 Å². The smallest absolute Gasteiger partial charge is 0.306 e. The van der Waals surface area contributed by atoms with E-state index in [1.165, 1.54) is 186 Å². The standard InChI is InChI=1S/C52H101N3O4/c1-5-9-23-34-49(33-12-8-4)40-47-57-53-42-28-21-17-13-15-19-26-37-51(59-52(56)39-32-46-55-44-30-31-45-55)38-27-20-16-14-18-22-29-43-54-58-48-41-50(35-24-10-6-2)36-25-11-7-3/h42-43,49-51H,5-41,44-48H2,1-4H3. The van der Waals surface area contributed by atoms with Gasteiger partial charge in [-0.15, -0.1) is 0 Å². The van der Waals surface area contributed by atoms with Crippen LogP contribution in [0, 0.1) is 11.8 Å². The summed E-state index contributed by atoms with van der Waals surface area (Å²) in [5.41, 5.74) is 0. The third kappa shape index (κ3) is 37.8. The van der Waals surface area contributed by atoms with Crippen molar-refractivity contribution >= 4 is 18.4 Å². The number of carbonyl (C=O) groups excluding carboxylic acids is 1. The molecule has 1 aliphatic heterocycles. The van der Waals surface area contributed by atoms with Crippen LogP contribution in [0.15, 0.2) is 10.3 Å². The molecule has 0 aromatic carbocycles. The first kappa shape index (κ1) is 55.4. The lowest BCUT2D eigenvalue weighted by Crippen LogP contribution is -2.23. The van der Waals surface area contributed by atoms with Gasteiger partial charge in [-0.25, -0.2) is 0 Å². The van der Waals surface area contributed by atoms with Crippen molar-refractivity contribution < 1.29 is 19.2 Å². The van der Waals surface area contributed by atoms with E-state index in [-0.39, 0.29) is 12.1 Å². The van der Waals surface area contributed by atoms with Gasteiger partial charge in [0, 0.05) is 18.9 Å². The van der Waals surface area contributed by atoms with E-state index in [2.05, 4.69) is 42.9 Å². The van der Waals surface area contributed by atoms with Gasteiger partial charge in [0.15, 0.2) is 0 Å². The second-order valence-corrected chi connectivity index (χ2v) is 18.3. The number of rotatable bonds is 46. The minimum absolute atomic E-state index is 0.0209. The van der Waals surface area contributed by atoms with Gasteiger partial charge < -0.3 is 19.3 Å². The van der Waals surface area contributed by atoms with Gasteiger partial charge in [-0.1, -0.05) is 186 Å². The molecule has 7 nitrogen and oxygen atoms in total. The van der Waals surface area contributed by atoms with Crippen molar-refractivity contribution in [3.8, 4) is 0 Å². The van der Waals surface area contributed by atoms with Crippen LogP contribution < -0.4 is 0 Å². The minimum Gasteiger partial charge on any atom is -0.462 e. The molecule has 348 valence electrons. The monoisotopic (exact) mass is 832 g/mol. The molecule has 2 atom stereocenters. The number of unbranched alkanes of at least 4 members (excludes halogenated alkanes) is 19. The highest BCUT2D eigenvalue weighted by Gasteiger charge is 2.16. The Morgan fingerprint density at radius 2 is 0.898 bits per heavy atom. The minimum atomic E-state index is 0.0209. The lowest BCUT2D eigenvalue weighted by Gasteiger charge is -2.19. The molecule has 0 N–H and O–H groups in total. The highest BCUT2D eigenvalue weighted by Crippen LogP contribution is 2.23. The summed E-state index contributed by atoms with van der Waals surface area (Å²) in [5, 5.41) is 8.52. The molecule has 0 amide bonds. The first-order valence-electron chi connectivity index (χ1n) is 26.3. The summed E-state index contributed by atoms with van der Waals surface area (Å²) in [6.45, 7) is 14.1. The largest absolute Gasteiger partial charge is 0.462 e. The first-order chi connectivity index (χ1) is 29.1. The molecule has 1 heterocycles. The molecule has 2 unspecified atom stereocenters. The zero-order chi connectivity index (χ0) is 42.5. The average Bonchev–Trinajstić information content (AvgIpc) is 3.76. The van der Waals surface area contributed by atoms with Crippen LogP contribution in [0.25, 0.3) is 0 Å². The molecule has 1 saturated heterocycles. The number of carbonyl (C=O) groups is 1. The fourth-order valence-corrected chi connectivity index (χ4v) is 8.75. The fourth-order valence-electron chi connectivity index (χ4n) is 8.75. The second-order valence-electron chi connectivity index (χ2n) is 18.3. The fraction of sp³-hybridized carbons (Fsp3) is 0.942. The van der Waals surface area contributed by atoms with Crippen molar-refractivity contribution in [2.45, 2.75) is 271 Å². The van der Waals surface area contributed by atoms with Gasteiger partial charge in [0.05, 0.1) is 0 Å². The predicted molar refractivity (Wildman–Crippen MR) is 256 cm³/mol. The lowest BCUT2D eigenvalue weighted by molar-refractivity contribution is -0.150. The maximum atomic E-state index is 12.8. The van der Waals surface area contributed by atoms with Crippen LogP contribution in [-0.2, 0) is 19.2 Å². The maximum absolute atomic E-state index is 12.8. The van der Waals surface area contributed by atoms with Crippen LogP contribution in [0.1, 0.15) is 265 Å². The van der Waals surface area contributed by atoms with Gasteiger partial charge in [0.2, 0.25) is 0 Å². The van der Waals surface area contributed by atoms with E-state index in [1.807, 2.05) is 12.4 Å². The molecule has 0 radical (unpaired) electrons. The number of hydrogen-bond acceptors (Lipinski definition) is 7. The summed E-state index contributed by atoms with van der Waals surface area (Å²) in [6.07, 6.45) is 49.2. The van der Waals surface area contributed by atoms with Crippen LogP contribution in [-0.4, -0.2) is 62.3 Å².